The Morgan fingerprint density at radius 1 is 1.39 bits per heavy atom. The van der Waals surface area contributed by atoms with Gasteiger partial charge in [-0.3, -0.25) is 9.78 Å². The summed E-state index contributed by atoms with van der Waals surface area (Å²) in [5.41, 5.74) is 1.81. The number of hydrogen-bond acceptors (Lipinski definition) is 4. The van der Waals surface area contributed by atoms with Crippen molar-refractivity contribution in [1.82, 2.24) is 14.2 Å². The molecule has 1 aliphatic rings. The molecule has 1 aromatic rings. The van der Waals surface area contributed by atoms with Crippen LogP contribution in [0.25, 0.3) is 0 Å². The number of amides is 1. The molecule has 1 aromatic heterocycles. The summed E-state index contributed by atoms with van der Waals surface area (Å²) in [4.78, 5) is 17.9. The molecule has 0 saturated carbocycles. The molecule has 0 N–H and O–H groups in total. The van der Waals surface area contributed by atoms with Crippen LogP contribution in [0.3, 0.4) is 0 Å². The fourth-order valence-corrected chi connectivity index (χ4v) is 3.72. The number of aromatic nitrogens is 1. The Hall–Kier alpha value is -1.47. The normalized spacial score (nSPS) is 19.5. The van der Waals surface area contributed by atoms with Crippen LogP contribution in [0.15, 0.2) is 18.2 Å². The summed E-state index contributed by atoms with van der Waals surface area (Å²) in [6.07, 6.45) is 4.09. The van der Waals surface area contributed by atoms with Gasteiger partial charge in [-0.1, -0.05) is 6.07 Å². The van der Waals surface area contributed by atoms with Crippen LogP contribution in [0.1, 0.15) is 36.6 Å². The van der Waals surface area contributed by atoms with E-state index in [4.69, 9.17) is 0 Å². The Labute approximate surface area is 138 Å². The summed E-state index contributed by atoms with van der Waals surface area (Å²) < 4.78 is 25.0. The SMILES string of the molecule is CN(C)C(=O)CCc1cccc([C@@H]2CCCN(S(C)(=O)=O)C2)n1. The molecule has 7 heteroatoms. The number of hydrogen-bond donors (Lipinski definition) is 0. The molecule has 6 nitrogen and oxygen atoms in total. The molecule has 0 spiro atoms. The van der Waals surface area contributed by atoms with Gasteiger partial charge < -0.3 is 4.90 Å². The van der Waals surface area contributed by atoms with E-state index in [-0.39, 0.29) is 11.8 Å². The summed E-state index contributed by atoms with van der Waals surface area (Å²) in [6, 6.07) is 5.81. The number of rotatable bonds is 5. The first kappa shape index (κ1) is 17.9. The van der Waals surface area contributed by atoms with E-state index in [1.165, 1.54) is 10.6 Å². The van der Waals surface area contributed by atoms with Gasteiger partial charge in [0.25, 0.3) is 0 Å². The molecule has 0 aromatic carbocycles. The first-order valence-electron chi connectivity index (χ1n) is 7.88. The minimum absolute atomic E-state index is 0.0816. The molecule has 1 fully saturated rings. The van der Waals surface area contributed by atoms with E-state index in [9.17, 15) is 13.2 Å². The van der Waals surface area contributed by atoms with Crippen LogP contribution < -0.4 is 0 Å². The molecule has 0 aliphatic carbocycles. The van der Waals surface area contributed by atoms with E-state index in [0.717, 1.165) is 24.2 Å². The summed E-state index contributed by atoms with van der Waals surface area (Å²) in [7, 11) is 0.336. The highest BCUT2D eigenvalue weighted by Crippen LogP contribution is 2.27. The lowest BCUT2D eigenvalue weighted by molar-refractivity contribution is -0.128. The van der Waals surface area contributed by atoms with E-state index in [0.29, 0.717) is 25.9 Å². The van der Waals surface area contributed by atoms with Crippen molar-refractivity contribution in [2.75, 3.05) is 33.4 Å². The highest BCUT2D eigenvalue weighted by atomic mass is 32.2. The van der Waals surface area contributed by atoms with Gasteiger partial charge in [-0.2, -0.15) is 0 Å². The summed E-state index contributed by atoms with van der Waals surface area (Å²) in [5.74, 6) is 0.209. The molecule has 128 valence electrons. The van der Waals surface area contributed by atoms with Gasteiger partial charge in [0.15, 0.2) is 0 Å². The van der Waals surface area contributed by atoms with Crippen molar-refractivity contribution in [2.24, 2.45) is 0 Å². The minimum atomic E-state index is -3.15. The van der Waals surface area contributed by atoms with Crippen LogP contribution in [-0.4, -0.2) is 62.0 Å². The predicted octanol–water partition coefficient (Wildman–Crippen LogP) is 1.24. The van der Waals surface area contributed by atoms with Crippen molar-refractivity contribution in [2.45, 2.75) is 31.6 Å². The van der Waals surface area contributed by atoms with Crippen LogP contribution in [-0.2, 0) is 21.2 Å². The van der Waals surface area contributed by atoms with Crippen molar-refractivity contribution < 1.29 is 13.2 Å². The largest absolute Gasteiger partial charge is 0.349 e. The van der Waals surface area contributed by atoms with Gasteiger partial charge in [0.1, 0.15) is 0 Å². The van der Waals surface area contributed by atoms with Crippen LogP contribution in [0.4, 0.5) is 0 Å². The van der Waals surface area contributed by atoms with Crippen molar-refractivity contribution in [3.05, 3.63) is 29.6 Å². The Kier molecular flexibility index (Phi) is 5.75. The fraction of sp³-hybridized carbons (Fsp3) is 0.625. The zero-order valence-corrected chi connectivity index (χ0v) is 14.8. The Balaban J connectivity index is 2.05. The first-order chi connectivity index (χ1) is 10.8. The van der Waals surface area contributed by atoms with E-state index in [1.54, 1.807) is 19.0 Å². The van der Waals surface area contributed by atoms with Gasteiger partial charge in [-0.15, -0.1) is 0 Å². The standard InChI is InChI=1S/C16H25N3O3S/c1-18(2)16(20)10-9-14-7-4-8-15(17-14)13-6-5-11-19(12-13)23(3,21)22/h4,7-8,13H,5-6,9-12H2,1-3H3/t13-/m1/s1. The second-order valence-electron chi connectivity index (χ2n) is 6.30. The monoisotopic (exact) mass is 339 g/mol. The van der Waals surface area contributed by atoms with Gasteiger partial charge in [0.05, 0.1) is 6.26 Å². The molecule has 0 unspecified atom stereocenters. The van der Waals surface area contributed by atoms with Gasteiger partial charge in [-0.25, -0.2) is 12.7 Å². The Morgan fingerprint density at radius 3 is 2.78 bits per heavy atom. The van der Waals surface area contributed by atoms with Crippen LogP contribution >= 0.6 is 0 Å². The average molecular weight is 339 g/mol. The highest BCUT2D eigenvalue weighted by molar-refractivity contribution is 7.88. The van der Waals surface area contributed by atoms with Crippen LogP contribution in [0.2, 0.25) is 0 Å². The van der Waals surface area contributed by atoms with Crippen molar-refractivity contribution in [1.29, 1.82) is 0 Å². The molecule has 1 amide bonds. The zero-order chi connectivity index (χ0) is 17.0. The number of carbonyl (C=O) groups excluding carboxylic acids is 1. The van der Waals surface area contributed by atoms with E-state index >= 15 is 0 Å². The lowest BCUT2D eigenvalue weighted by atomic mass is 9.95. The third kappa shape index (κ3) is 5.00. The molecule has 23 heavy (non-hydrogen) atoms. The number of nitrogens with zero attached hydrogens (tertiary/aromatic N) is 3. The number of piperidine rings is 1. The molecule has 1 atom stereocenters. The van der Waals surface area contributed by atoms with E-state index in [2.05, 4.69) is 4.98 Å². The summed E-state index contributed by atoms with van der Waals surface area (Å²) in [6.45, 7) is 1.08. The molecule has 1 aliphatic heterocycles. The minimum Gasteiger partial charge on any atom is -0.349 e. The maximum Gasteiger partial charge on any atom is 0.222 e. The van der Waals surface area contributed by atoms with Crippen molar-refractivity contribution in [3.8, 4) is 0 Å². The van der Waals surface area contributed by atoms with Gasteiger partial charge >= 0.3 is 0 Å². The molecular formula is C16H25N3O3S. The molecule has 2 heterocycles. The molecule has 0 radical (unpaired) electrons. The lowest BCUT2D eigenvalue weighted by Gasteiger charge is -2.30. The van der Waals surface area contributed by atoms with Crippen LogP contribution in [0, 0.1) is 0 Å². The third-order valence-corrected chi connectivity index (χ3v) is 5.46. The molecular weight excluding hydrogens is 314 g/mol. The van der Waals surface area contributed by atoms with Crippen molar-refractivity contribution in [3.63, 3.8) is 0 Å². The predicted molar refractivity (Wildman–Crippen MR) is 89.6 cm³/mol. The van der Waals surface area contributed by atoms with E-state index in [1.807, 2.05) is 18.2 Å². The fourth-order valence-electron chi connectivity index (χ4n) is 2.81. The van der Waals surface area contributed by atoms with Crippen molar-refractivity contribution >= 4 is 15.9 Å². The number of sulfonamides is 1. The molecule has 1 saturated heterocycles. The van der Waals surface area contributed by atoms with E-state index < -0.39 is 10.0 Å². The number of aryl methyl sites for hydroxylation is 1. The third-order valence-electron chi connectivity index (χ3n) is 4.19. The molecule has 2 rings (SSSR count). The number of pyridine rings is 1. The van der Waals surface area contributed by atoms with Crippen LogP contribution in [0.5, 0.6) is 0 Å². The first-order valence-corrected chi connectivity index (χ1v) is 9.73. The molecule has 0 bridgehead atoms. The second kappa shape index (κ2) is 7.40. The van der Waals surface area contributed by atoms with Gasteiger partial charge in [0, 0.05) is 50.9 Å². The average Bonchev–Trinajstić information content (AvgIpc) is 2.52. The summed E-state index contributed by atoms with van der Waals surface area (Å²) >= 11 is 0. The number of carbonyl (C=O) groups is 1. The second-order valence-corrected chi connectivity index (χ2v) is 8.28. The summed E-state index contributed by atoms with van der Waals surface area (Å²) in [5, 5.41) is 0. The van der Waals surface area contributed by atoms with Gasteiger partial charge in [0.2, 0.25) is 15.9 Å². The Morgan fingerprint density at radius 2 is 2.13 bits per heavy atom. The highest BCUT2D eigenvalue weighted by Gasteiger charge is 2.27. The Bertz CT molecular complexity index is 658. The maximum absolute atomic E-state index is 11.7. The topological polar surface area (TPSA) is 70.6 Å². The van der Waals surface area contributed by atoms with Gasteiger partial charge in [-0.05, 0) is 31.4 Å². The zero-order valence-electron chi connectivity index (χ0n) is 14.0. The smallest absolute Gasteiger partial charge is 0.222 e. The lowest BCUT2D eigenvalue weighted by Crippen LogP contribution is -2.38. The quantitative estimate of drug-likeness (QED) is 0.809. The maximum atomic E-state index is 11.7.